The molecule has 1 saturated carbocycles. The summed E-state index contributed by atoms with van der Waals surface area (Å²) >= 11 is 0. The lowest BCUT2D eigenvalue weighted by atomic mass is 9.86. The van der Waals surface area contributed by atoms with Gasteiger partial charge < -0.3 is 10.2 Å². The van der Waals surface area contributed by atoms with E-state index in [1.807, 2.05) is 12.2 Å². The van der Waals surface area contributed by atoms with Crippen LogP contribution in [0.25, 0.3) is 0 Å². The molecule has 1 atom stereocenters. The van der Waals surface area contributed by atoms with Gasteiger partial charge in [-0.3, -0.25) is 14.4 Å². The molecule has 0 saturated heterocycles. The summed E-state index contributed by atoms with van der Waals surface area (Å²) in [5.74, 6) is -2.98. The summed E-state index contributed by atoms with van der Waals surface area (Å²) in [5.41, 5.74) is -3.94. The van der Waals surface area contributed by atoms with E-state index in [2.05, 4.69) is 0 Å². The lowest BCUT2D eigenvalue weighted by Gasteiger charge is -2.36. The first-order chi connectivity index (χ1) is 12.6. The number of halogens is 3. The number of carbonyl (C=O) groups is 3. The highest BCUT2D eigenvalue weighted by Gasteiger charge is 2.70. The first kappa shape index (κ1) is 21.4. The summed E-state index contributed by atoms with van der Waals surface area (Å²) < 4.78 is 42.7. The van der Waals surface area contributed by atoms with Crippen LogP contribution in [-0.4, -0.2) is 40.3 Å². The van der Waals surface area contributed by atoms with E-state index in [0.29, 0.717) is 25.7 Å². The van der Waals surface area contributed by atoms with Crippen molar-refractivity contribution >= 4 is 17.6 Å². The predicted octanol–water partition coefficient (Wildman–Crippen LogP) is 3.63. The Labute approximate surface area is 157 Å². The number of allylic oxidation sites excluding steroid dienone is 1. The SMILES string of the molecule is CCCCC(=O)N[C@@]1(C(F)(F)F)C(=O)N(C2CCCCC2)C(C)=C1C(C)=O. The number of carbonyl (C=O) groups excluding carboxylic acids is 3. The molecule has 1 aliphatic carbocycles. The number of hydrogen-bond donors (Lipinski definition) is 1. The van der Waals surface area contributed by atoms with E-state index in [1.165, 1.54) is 6.92 Å². The summed E-state index contributed by atoms with van der Waals surface area (Å²) in [6.07, 6.45) is -0.427. The Morgan fingerprint density at radius 1 is 1.22 bits per heavy atom. The smallest absolute Gasteiger partial charge is 0.330 e. The van der Waals surface area contributed by atoms with Crippen LogP contribution in [0.3, 0.4) is 0 Å². The van der Waals surface area contributed by atoms with E-state index in [9.17, 15) is 27.6 Å². The van der Waals surface area contributed by atoms with E-state index in [4.69, 9.17) is 0 Å². The zero-order chi connectivity index (χ0) is 20.4. The lowest BCUT2D eigenvalue weighted by molar-refractivity contribution is -0.195. The Kier molecular flexibility index (Phi) is 6.37. The van der Waals surface area contributed by atoms with Crippen molar-refractivity contribution in [1.29, 1.82) is 0 Å². The number of Topliss-reactive ketones (excluding diaryl/α,β-unsaturated/α-hetero) is 1. The number of alkyl halides is 3. The molecule has 0 unspecified atom stereocenters. The topological polar surface area (TPSA) is 66.5 Å². The number of ketones is 1. The number of nitrogens with zero attached hydrogens (tertiary/aromatic N) is 1. The van der Waals surface area contributed by atoms with Crippen LogP contribution in [0.1, 0.15) is 72.1 Å². The third kappa shape index (κ3) is 3.75. The first-order valence-electron chi connectivity index (χ1n) is 9.51. The van der Waals surface area contributed by atoms with Crippen molar-refractivity contribution < 1.29 is 27.6 Å². The summed E-state index contributed by atoms with van der Waals surface area (Å²) in [6.45, 7) is 4.19. The van der Waals surface area contributed by atoms with Crippen LogP contribution in [0.2, 0.25) is 0 Å². The van der Waals surface area contributed by atoms with Crippen molar-refractivity contribution in [3.8, 4) is 0 Å². The molecule has 0 aromatic heterocycles. The molecule has 1 aliphatic heterocycles. The van der Waals surface area contributed by atoms with Gasteiger partial charge in [0.1, 0.15) is 0 Å². The molecule has 1 fully saturated rings. The van der Waals surface area contributed by atoms with Crippen LogP contribution in [0, 0.1) is 0 Å². The maximum Gasteiger partial charge on any atom is 0.425 e. The van der Waals surface area contributed by atoms with Crippen molar-refractivity contribution in [1.82, 2.24) is 10.2 Å². The van der Waals surface area contributed by atoms with Gasteiger partial charge in [-0.1, -0.05) is 32.6 Å². The number of nitrogens with one attached hydrogen (secondary N) is 1. The van der Waals surface area contributed by atoms with Crippen molar-refractivity contribution in [3.63, 3.8) is 0 Å². The summed E-state index contributed by atoms with van der Waals surface area (Å²) in [7, 11) is 0. The second-order valence-electron chi connectivity index (χ2n) is 7.38. The highest BCUT2D eigenvalue weighted by atomic mass is 19.4. The molecule has 5 nitrogen and oxygen atoms in total. The zero-order valence-corrected chi connectivity index (χ0v) is 16.0. The van der Waals surface area contributed by atoms with Gasteiger partial charge in [-0.15, -0.1) is 0 Å². The Balaban J connectivity index is 2.54. The van der Waals surface area contributed by atoms with Crippen molar-refractivity contribution in [2.45, 2.75) is 89.9 Å². The second-order valence-corrected chi connectivity index (χ2v) is 7.38. The van der Waals surface area contributed by atoms with Crippen LogP contribution in [0.15, 0.2) is 11.3 Å². The van der Waals surface area contributed by atoms with Gasteiger partial charge in [-0.05, 0) is 33.1 Å². The van der Waals surface area contributed by atoms with Crippen molar-refractivity contribution in [3.05, 3.63) is 11.3 Å². The molecule has 8 heteroatoms. The molecule has 2 amide bonds. The minimum atomic E-state index is -5.11. The molecule has 0 aromatic carbocycles. The van der Waals surface area contributed by atoms with Gasteiger partial charge in [-0.2, -0.15) is 13.2 Å². The number of hydrogen-bond acceptors (Lipinski definition) is 3. The van der Waals surface area contributed by atoms with Gasteiger partial charge >= 0.3 is 6.18 Å². The standard InChI is InChI=1S/C19H27F3N2O3/c1-4-5-11-15(26)23-18(19(20,21)22)16(13(3)25)12(2)24(17(18)27)14-9-7-6-8-10-14/h14H,4-11H2,1-3H3,(H,23,26)/t18-/m1/s1. The Morgan fingerprint density at radius 2 is 1.81 bits per heavy atom. The van der Waals surface area contributed by atoms with Gasteiger partial charge in [-0.25, -0.2) is 0 Å². The monoisotopic (exact) mass is 388 g/mol. The van der Waals surface area contributed by atoms with Gasteiger partial charge in [0.25, 0.3) is 5.91 Å². The average molecular weight is 388 g/mol. The Bertz CT molecular complexity index is 651. The van der Waals surface area contributed by atoms with E-state index in [1.54, 1.807) is 0 Å². The minimum absolute atomic E-state index is 0.00696. The van der Waals surface area contributed by atoms with Crippen LogP contribution >= 0.6 is 0 Å². The first-order valence-corrected chi connectivity index (χ1v) is 9.51. The van der Waals surface area contributed by atoms with E-state index >= 15 is 0 Å². The summed E-state index contributed by atoms with van der Waals surface area (Å²) in [5, 5.41) is 1.91. The minimum Gasteiger partial charge on any atom is -0.330 e. The number of amides is 2. The maximum absolute atomic E-state index is 14.2. The van der Waals surface area contributed by atoms with Crippen molar-refractivity contribution in [2.24, 2.45) is 0 Å². The van der Waals surface area contributed by atoms with Gasteiger partial charge in [0.05, 0.1) is 5.57 Å². The lowest BCUT2D eigenvalue weighted by Crippen LogP contribution is -2.66. The van der Waals surface area contributed by atoms with Gasteiger partial charge in [0.15, 0.2) is 5.78 Å². The van der Waals surface area contributed by atoms with E-state index in [0.717, 1.165) is 31.1 Å². The molecule has 0 aromatic rings. The molecular formula is C19H27F3N2O3. The summed E-state index contributed by atoms with van der Waals surface area (Å²) in [6, 6.07) is -0.377. The fraction of sp³-hybridized carbons (Fsp3) is 0.737. The van der Waals surface area contributed by atoms with Crippen LogP contribution < -0.4 is 5.32 Å². The zero-order valence-electron chi connectivity index (χ0n) is 16.0. The molecule has 2 rings (SSSR count). The second kappa shape index (κ2) is 8.02. The highest BCUT2D eigenvalue weighted by Crippen LogP contribution is 2.46. The Morgan fingerprint density at radius 3 is 2.30 bits per heavy atom. The number of unbranched alkanes of at least 4 members (excludes halogenated alkanes) is 1. The van der Waals surface area contributed by atoms with Gasteiger partial charge in [0.2, 0.25) is 11.4 Å². The maximum atomic E-state index is 14.2. The van der Waals surface area contributed by atoms with Gasteiger partial charge in [0, 0.05) is 18.2 Å². The molecule has 0 spiro atoms. The third-order valence-electron chi connectivity index (χ3n) is 5.44. The molecule has 27 heavy (non-hydrogen) atoms. The Hall–Kier alpha value is -1.86. The normalized spacial score (nSPS) is 24.5. The third-order valence-corrected chi connectivity index (χ3v) is 5.44. The largest absolute Gasteiger partial charge is 0.425 e. The molecule has 2 aliphatic rings. The molecule has 1 heterocycles. The highest BCUT2D eigenvalue weighted by molar-refractivity contribution is 6.12. The molecule has 0 radical (unpaired) electrons. The molecule has 152 valence electrons. The quantitative estimate of drug-likeness (QED) is 0.756. The van der Waals surface area contributed by atoms with Crippen LogP contribution in [-0.2, 0) is 14.4 Å². The number of rotatable bonds is 6. The van der Waals surface area contributed by atoms with E-state index in [-0.39, 0.29) is 18.2 Å². The average Bonchev–Trinajstić information content (AvgIpc) is 2.81. The molecule has 1 N–H and O–H groups in total. The molecule has 0 bridgehead atoms. The van der Waals surface area contributed by atoms with E-state index < -0.39 is 34.9 Å². The fourth-order valence-electron chi connectivity index (χ4n) is 4.19. The van der Waals surface area contributed by atoms with Crippen molar-refractivity contribution in [2.75, 3.05) is 0 Å². The predicted molar refractivity (Wildman–Crippen MR) is 93.6 cm³/mol. The van der Waals surface area contributed by atoms with Crippen LogP contribution in [0.4, 0.5) is 13.2 Å². The molecular weight excluding hydrogens is 361 g/mol. The van der Waals surface area contributed by atoms with Crippen LogP contribution in [0.5, 0.6) is 0 Å². The fourth-order valence-corrected chi connectivity index (χ4v) is 4.19. The summed E-state index contributed by atoms with van der Waals surface area (Å²) in [4.78, 5) is 38.6.